The smallest absolute Gasteiger partial charge is 0.243 e. The van der Waals surface area contributed by atoms with Crippen molar-refractivity contribution >= 4 is 48.3 Å². The molecule has 0 aliphatic heterocycles. The third-order valence-electron chi connectivity index (χ3n) is 6.16. The Bertz CT molecular complexity index is 1140. The fourth-order valence-electron chi connectivity index (χ4n) is 4.15. The van der Waals surface area contributed by atoms with Crippen molar-refractivity contribution in [2.45, 2.75) is 37.4 Å². The van der Waals surface area contributed by atoms with Gasteiger partial charge in [0.25, 0.3) is 0 Å². The van der Waals surface area contributed by atoms with Gasteiger partial charge in [-0.1, -0.05) is 48.6 Å². The van der Waals surface area contributed by atoms with Crippen LogP contribution in [0.5, 0.6) is 0 Å². The fraction of sp³-hybridized carbons (Fsp3) is 0.429. The van der Waals surface area contributed by atoms with Crippen LogP contribution in [0.2, 0.25) is 0 Å². The summed E-state index contributed by atoms with van der Waals surface area (Å²) in [5.41, 5.74) is 13.2. The number of carbonyl (C=O) groups is 5. The van der Waals surface area contributed by atoms with E-state index in [0.29, 0.717) is 24.0 Å². The van der Waals surface area contributed by atoms with Crippen LogP contribution in [0, 0.1) is 0 Å². The number of aliphatic hydroxyl groups is 1. The van der Waals surface area contributed by atoms with Crippen molar-refractivity contribution in [2.75, 3.05) is 40.0 Å². The van der Waals surface area contributed by atoms with Crippen molar-refractivity contribution in [1.82, 2.24) is 15.1 Å². The van der Waals surface area contributed by atoms with Crippen molar-refractivity contribution in [3.8, 4) is 0 Å². The zero-order chi connectivity index (χ0) is 30.9. The second-order valence-electron chi connectivity index (χ2n) is 9.06. The molecule has 4 amide bonds. The van der Waals surface area contributed by atoms with Gasteiger partial charge < -0.3 is 36.5 Å². The Balaban J connectivity index is 0.00000411. The second kappa shape index (κ2) is 18.5. The predicted octanol–water partition coefficient (Wildman–Crippen LogP) is -0.538. The molecule has 0 saturated heterocycles. The van der Waals surface area contributed by atoms with Gasteiger partial charge in [-0.2, -0.15) is 12.6 Å². The van der Waals surface area contributed by atoms with Gasteiger partial charge in [-0.05, 0) is 18.4 Å². The molecule has 0 saturated carbocycles. The van der Waals surface area contributed by atoms with Gasteiger partial charge in [0, 0.05) is 39.0 Å². The first-order chi connectivity index (χ1) is 19.6. The molecule has 0 fully saturated rings. The summed E-state index contributed by atoms with van der Waals surface area (Å²) in [6.45, 7) is -0.730. The van der Waals surface area contributed by atoms with Gasteiger partial charge in [-0.3, -0.25) is 24.2 Å². The van der Waals surface area contributed by atoms with E-state index >= 15 is 0 Å². The zero-order valence-electron chi connectivity index (χ0n) is 23.6. The first-order valence-electron chi connectivity index (χ1n) is 12.9. The zero-order valence-corrected chi connectivity index (χ0v) is 24.5. The Kier molecular flexibility index (Phi) is 15.9. The molecule has 1 aliphatic carbocycles. The Morgan fingerprint density at radius 3 is 2.41 bits per heavy atom. The number of hydrogen-bond donors (Lipinski definition) is 5. The number of nitrogens with one attached hydrogen (secondary N) is 1. The van der Waals surface area contributed by atoms with E-state index in [9.17, 15) is 24.0 Å². The van der Waals surface area contributed by atoms with Gasteiger partial charge in [-0.15, -0.1) is 0 Å². The number of aliphatic imine (C=N–C) groups is 1. The number of rotatable bonds is 14. The number of likely N-dealkylation sites (N-methyl/N-ethyl adjacent to an activating group) is 1. The Morgan fingerprint density at radius 1 is 1.20 bits per heavy atom. The molecular formula is C28H40N6O6S. The van der Waals surface area contributed by atoms with Crippen LogP contribution in [0.4, 0.5) is 0 Å². The molecule has 6 N–H and O–H groups in total. The lowest BCUT2D eigenvalue weighted by molar-refractivity contribution is -0.142. The van der Waals surface area contributed by atoms with E-state index in [4.69, 9.17) is 16.6 Å². The molecule has 0 bridgehead atoms. The van der Waals surface area contributed by atoms with Crippen LogP contribution >= 0.6 is 12.6 Å². The molecule has 0 spiro atoms. The van der Waals surface area contributed by atoms with E-state index in [1.807, 2.05) is 48.6 Å². The lowest BCUT2D eigenvalue weighted by Gasteiger charge is -2.35. The van der Waals surface area contributed by atoms with Crippen molar-refractivity contribution < 1.29 is 29.1 Å². The number of nitrogens with zero attached hydrogens (tertiary/aromatic N) is 3. The number of thiol groups is 1. The summed E-state index contributed by atoms with van der Waals surface area (Å²) in [5, 5.41) is 9.55. The second-order valence-corrected chi connectivity index (χ2v) is 9.43. The summed E-state index contributed by atoms with van der Waals surface area (Å²) >= 11 is 4.05. The molecule has 0 radical (unpaired) electrons. The Labute approximate surface area is 245 Å². The first-order valence-corrected chi connectivity index (χ1v) is 13.5. The highest BCUT2D eigenvalue weighted by Gasteiger charge is 2.33. The topological polar surface area (TPSA) is 188 Å². The highest BCUT2D eigenvalue weighted by Crippen LogP contribution is 2.24. The molecule has 41 heavy (non-hydrogen) atoms. The Morgan fingerprint density at radius 2 is 1.85 bits per heavy atom. The largest absolute Gasteiger partial charge is 0.400 e. The van der Waals surface area contributed by atoms with Gasteiger partial charge in [0.15, 0.2) is 0 Å². The third-order valence-corrected chi connectivity index (χ3v) is 6.55. The van der Waals surface area contributed by atoms with Crippen LogP contribution in [0.25, 0.3) is 0 Å². The molecule has 13 heteroatoms. The molecule has 1 aromatic rings. The van der Waals surface area contributed by atoms with E-state index in [-0.39, 0.29) is 25.1 Å². The number of primary amides is 1. The van der Waals surface area contributed by atoms with Crippen molar-refractivity contribution in [2.24, 2.45) is 16.5 Å². The third kappa shape index (κ3) is 10.9. The normalized spacial score (nSPS) is 15.8. The molecular weight excluding hydrogens is 548 g/mol. The predicted molar refractivity (Wildman–Crippen MR) is 160 cm³/mol. The Hall–Kier alpha value is -3.81. The van der Waals surface area contributed by atoms with Crippen molar-refractivity contribution in [1.29, 1.82) is 0 Å². The van der Waals surface area contributed by atoms with Crippen LogP contribution in [0.3, 0.4) is 0 Å². The van der Waals surface area contributed by atoms with E-state index in [2.05, 4.69) is 22.9 Å². The minimum Gasteiger partial charge on any atom is -0.400 e. The van der Waals surface area contributed by atoms with E-state index in [1.54, 1.807) is 7.05 Å². The summed E-state index contributed by atoms with van der Waals surface area (Å²) in [4.78, 5) is 68.9. The molecule has 0 heterocycles. The number of amides is 4. The van der Waals surface area contributed by atoms with Crippen LogP contribution < -0.4 is 16.8 Å². The van der Waals surface area contributed by atoms with Crippen LogP contribution in [0.1, 0.15) is 24.8 Å². The maximum Gasteiger partial charge on any atom is 0.243 e. The number of hydrogen-bond acceptors (Lipinski definition) is 9. The maximum absolute atomic E-state index is 13.6. The molecule has 1 aliphatic rings. The van der Waals surface area contributed by atoms with Gasteiger partial charge in [-0.25, -0.2) is 0 Å². The molecule has 1 aromatic carbocycles. The number of aliphatic hydroxyl groups excluding tert-OH is 1. The molecule has 3 atom stereocenters. The van der Waals surface area contributed by atoms with Crippen molar-refractivity contribution in [3.63, 3.8) is 0 Å². The highest BCUT2D eigenvalue weighted by molar-refractivity contribution is 7.80. The first kappa shape index (κ1) is 35.2. The minimum atomic E-state index is -0.946. The van der Waals surface area contributed by atoms with Gasteiger partial charge in [0.1, 0.15) is 12.8 Å². The van der Waals surface area contributed by atoms with E-state index in [1.165, 1.54) is 16.8 Å². The monoisotopic (exact) mass is 588 g/mol. The minimum absolute atomic E-state index is 0.0370. The number of allylic oxidation sites excluding steroid dienone is 2. The number of carbonyl (C=O) groups excluding carboxylic acids is 5. The average Bonchev–Trinajstić information content (AvgIpc) is 2.99. The molecule has 2 rings (SSSR count). The SMILES string of the molecule is CN=C(C1=CC=CC[C@H]1N(CC(=O)NC(C=O)CCC(N)=O)C(=O)CN(C)C(=O)C(N)CS)c1ccccc1.CO. The standard InChI is InChI=1S/C27H36N6O5S.CH4O/c1-30-26(18-8-4-3-5-9-18)20-10-6-7-11-22(20)33(25(37)15-32(2)27(38)21(28)17-39)14-24(36)31-19(16-34)12-13-23(29)35;1-2/h3-10,16,19,21-22,39H,11-15,17,28H2,1-2H3,(H2,29,35)(H,31,36);2H,1H3/t19?,21?,22-;/m1./s1. The number of aldehydes is 1. The molecule has 224 valence electrons. The maximum atomic E-state index is 13.6. The molecule has 2 unspecified atom stereocenters. The fourth-order valence-corrected chi connectivity index (χ4v) is 4.31. The van der Waals surface area contributed by atoms with Gasteiger partial charge >= 0.3 is 0 Å². The van der Waals surface area contributed by atoms with E-state index < -0.39 is 48.3 Å². The van der Waals surface area contributed by atoms with Crippen LogP contribution in [-0.4, -0.2) is 109 Å². The van der Waals surface area contributed by atoms with Crippen LogP contribution in [-0.2, 0) is 24.0 Å². The van der Waals surface area contributed by atoms with Gasteiger partial charge in [0.05, 0.1) is 30.4 Å². The highest BCUT2D eigenvalue weighted by atomic mass is 32.1. The van der Waals surface area contributed by atoms with Crippen molar-refractivity contribution in [3.05, 3.63) is 59.7 Å². The number of nitrogens with two attached hydrogens (primary N) is 2. The average molecular weight is 589 g/mol. The lowest BCUT2D eigenvalue weighted by Crippen LogP contribution is -2.54. The quantitative estimate of drug-likeness (QED) is 0.110. The van der Waals surface area contributed by atoms with Crippen LogP contribution in [0.15, 0.2) is 59.1 Å². The summed E-state index contributed by atoms with van der Waals surface area (Å²) in [5.74, 6) is -2.06. The summed E-state index contributed by atoms with van der Waals surface area (Å²) in [6, 6.07) is 7.02. The summed E-state index contributed by atoms with van der Waals surface area (Å²) in [7, 11) is 4.10. The molecule has 12 nitrogen and oxygen atoms in total. The van der Waals surface area contributed by atoms with Gasteiger partial charge in [0.2, 0.25) is 23.6 Å². The molecule has 0 aromatic heterocycles. The summed E-state index contributed by atoms with van der Waals surface area (Å²) in [6.07, 6.45) is 6.43. The number of benzene rings is 1. The lowest BCUT2D eigenvalue weighted by atomic mass is 9.89. The summed E-state index contributed by atoms with van der Waals surface area (Å²) < 4.78 is 0. The van der Waals surface area contributed by atoms with E-state index in [0.717, 1.165) is 12.7 Å².